The van der Waals surface area contributed by atoms with Crippen LogP contribution < -0.4 is 5.32 Å². The highest BCUT2D eigenvalue weighted by Crippen LogP contribution is 2.28. The van der Waals surface area contributed by atoms with Crippen molar-refractivity contribution in [1.29, 1.82) is 0 Å². The van der Waals surface area contributed by atoms with Crippen LogP contribution in [0.2, 0.25) is 9.49 Å². The Balaban J connectivity index is 1.88. The lowest BCUT2D eigenvalue weighted by Crippen LogP contribution is -2.04. The van der Waals surface area contributed by atoms with E-state index in [-0.39, 0.29) is 0 Å². The molecule has 0 atom stereocenters. The molecule has 2 heterocycles. The molecule has 0 radical (unpaired) electrons. The minimum absolute atomic E-state index is 0.532. The first-order valence-corrected chi connectivity index (χ1v) is 7.29. The highest BCUT2D eigenvalue weighted by atomic mass is 35.5. The Hall–Kier alpha value is -1.63. The van der Waals surface area contributed by atoms with Crippen LogP contribution in [0, 0.1) is 0 Å². The van der Waals surface area contributed by atoms with Gasteiger partial charge < -0.3 is 5.32 Å². The summed E-state index contributed by atoms with van der Waals surface area (Å²) in [5.41, 5.74) is 1.63. The molecule has 2 aromatic heterocycles. The normalized spacial score (nSPS) is 10.7. The van der Waals surface area contributed by atoms with Gasteiger partial charge in [0.15, 0.2) is 4.47 Å². The maximum absolute atomic E-state index is 6.25. The van der Waals surface area contributed by atoms with Crippen LogP contribution in [-0.4, -0.2) is 19.7 Å². The molecule has 0 spiro atoms. The molecule has 3 rings (SSSR count). The molecule has 0 unspecified atom stereocenters. The summed E-state index contributed by atoms with van der Waals surface area (Å²) < 4.78 is 2.16. The second kappa shape index (κ2) is 5.78. The van der Waals surface area contributed by atoms with Crippen molar-refractivity contribution >= 4 is 40.2 Å². The van der Waals surface area contributed by atoms with Crippen LogP contribution in [-0.2, 0) is 6.54 Å². The summed E-state index contributed by atoms with van der Waals surface area (Å²) >= 11 is 13.5. The molecule has 0 aliphatic carbocycles. The van der Waals surface area contributed by atoms with E-state index in [1.807, 2.05) is 18.2 Å². The van der Waals surface area contributed by atoms with Gasteiger partial charge in [0.2, 0.25) is 0 Å². The minimum atomic E-state index is 0.532. The SMILES string of the molecule is Clc1ncc(CNc2cccc(Cl)c2-n2cncn2)s1. The van der Waals surface area contributed by atoms with Crippen LogP contribution in [0.15, 0.2) is 37.1 Å². The molecule has 0 amide bonds. The maximum Gasteiger partial charge on any atom is 0.183 e. The maximum atomic E-state index is 6.25. The van der Waals surface area contributed by atoms with E-state index < -0.39 is 0 Å². The molecule has 3 aromatic rings. The van der Waals surface area contributed by atoms with Gasteiger partial charge in [0.05, 0.1) is 17.3 Å². The lowest BCUT2D eigenvalue weighted by Gasteiger charge is -2.12. The summed E-state index contributed by atoms with van der Waals surface area (Å²) in [4.78, 5) is 8.99. The molecule has 1 N–H and O–H groups in total. The van der Waals surface area contributed by atoms with Crippen molar-refractivity contribution in [3.05, 3.63) is 51.4 Å². The van der Waals surface area contributed by atoms with Gasteiger partial charge in [-0.1, -0.05) is 29.3 Å². The summed E-state index contributed by atoms with van der Waals surface area (Å²) in [6, 6.07) is 5.63. The van der Waals surface area contributed by atoms with E-state index in [4.69, 9.17) is 23.2 Å². The minimum Gasteiger partial charge on any atom is -0.378 e. The summed E-state index contributed by atoms with van der Waals surface area (Å²) in [5.74, 6) is 0. The highest BCUT2D eigenvalue weighted by Gasteiger charge is 2.10. The van der Waals surface area contributed by atoms with Crippen molar-refractivity contribution < 1.29 is 0 Å². The predicted molar refractivity (Wildman–Crippen MR) is 80.8 cm³/mol. The van der Waals surface area contributed by atoms with E-state index in [2.05, 4.69) is 20.4 Å². The third kappa shape index (κ3) is 2.77. The zero-order chi connectivity index (χ0) is 13.9. The number of aromatic nitrogens is 4. The van der Waals surface area contributed by atoms with Gasteiger partial charge in [-0.05, 0) is 12.1 Å². The van der Waals surface area contributed by atoms with Gasteiger partial charge in [-0.15, -0.1) is 11.3 Å². The number of anilines is 1. The average molecular weight is 326 g/mol. The van der Waals surface area contributed by atoms with Crippen LogP contribution in [0.1, 0.15) is 4.88 Å². The topological polar surface area (TPSA) is 55.6 Å². The third-order valence-corrected chi connectivity index (χ3v) is 4.03. The van der Waals surface area contributed by atoms with Gasteiger partial charge in [-0.3, -0.25) is 0 Å². The van der Waals surface area contributed by atoms with Crippen molar-refractivity contribution in [1.82, 2.24) is 19.7 Å². The molecular formula is C12H9Cl2N5S. The van der Waals surface area contributed by atoms with E-state index in [1.165, 1.54) is 17.7 Å². The first kappa shape index (κ1) is 13.4. The standard InChI is InChI=1S/C12H9Cl2N5S/c13-9-2-1-3-10(11(9)19-7-15-6-18-19)16-4-8-5-17-12(14)20-8/h1-3,5-7,16H,4H2. The highest BCUT2D eigenvalue weighted by molar-refractivity contribution is 7.15. The Kier molecular flexibility index (Phi) is 3.86. The van der Waals surface area contributed by atoms with Gasteiger partial charge in [-0.2, -0.15) is 5.10 Å². The van der Waals surface area contributed by atoms with Gasteiger partial charge in [0.1, 0.15) is 18.3 Å². The Morgan fingerprint density at radius 1 is 1.30 bits per heavy atom. The van der Waals surface area contributed by atoms with Crippen LogP contribution in [0.25, 0.3) is 5.69 Å². The molecule has 5 nitrogen and oxygen atoms in total. The average Bonchev–Trinajstić information content (AvgIpc) is 3.08. The Bertz CT molecular complexity index is 710. The molecule has 8 heteroatoms. The monoisotopic (exact) mass is 325 g/mol. The van der Waals surface area contributed by atoms with E-state index in [9.17, 15) is 0 Å². The molecule has 1 aromatic carbocycles. The second-order valence-electron chi connectivity index (χ2n) is 3.91. The number of nitrogens with one attached hydrogen (secondary N) is 1. The molecule has 0 aliphatic rings. The summed E-state index contributed by atoms with van der Waals surface area (Å²) in [7, 11) is 0. The lowest BCUT2D eigenvalue weighted by molar-refractivity contribution is 0.878. The van der Waals surface area contributed by atoms with E-state index in [0.717, 1.165) is 16.3 Å². The largest absolute Gasteiger partial charge is 0.378 e. The fourth-order valence-corrected chi connectivity index (χ4v) is 2.94. The zero-order valence-electron chi connectivity index (χ0n) is 10.1. The van der Waals surface area contributed by atoms with Crippen LogP contribution in [0.3, 0.4) is 0 Å². The molecule has 0 bridgehead atoms. The van der Waals surface area contributed by atoms with E-state index in [0.29, 0.717) is 16.0 Å². The van der Waals surface area contributed by atoms with Gasteiger partial charge in [0, 0.05) is 11.1 Å². The first-order valence-electron chi connectivity index (χ1n) is 5.71. The Morgan fingerprint density at radius 3 is 2.90 bits per heavy atom. The lowest BCUT2D eigenvalue weighted by atomic mass is 10.2. The Labute approximate surface area is 129 Å². The summed E-state index contributed by atoms with van der Waals surface area (Å²) in [6.07, 6.45) is 4.83. The van der Waals surface area contributed by atoms with Crippen molar-refractivity contribution in [2.45, 2.75) is 6.54 Å². The third-order valence-electron chi connectivity index (χ3n) is 2.61. The van der Waals surface area contributed by atoms with Crippen LogP contribution in [0.5, 0.6) is 0 Å². The van der Waals surface area contributed by atoms with E-state index >= 15 is 0 Å². The molecular weight excluding hydrogens is 317 g/mol. The first-order chi connectivity index (χ1) is 9.74. The van der Waals surface area contributed by atoms with Crippen LogP contribution >= 0.6 is 34.5 Å². The zero-order valence-corrected chi connectivity index (χ0v) is 12.5. The number of rotatable bonds is 4. The number of benzene rings is 1. The summed E-state index contributed by atoms with van der Waals surface area (Å²) in [6.45, 7) is 0.617. The smallest absolute Gasteiger partial charge is 0.183 e. The number of thiazole rings is 1. The second-order valence-corrected chi connectivity index (χ2v) is 6.01. The molecule has 102 valence electrons. The van der Waals surface area contributed by atoms with Gasteiger partial charge in [0.25, 0.3) is 0 Å². The fourth-order valence-electron chi connectivity index (χ4n) is 1.76. The molecule has 20 heavy (non-hydrogen) atoms. The van der Waals surface area contributed by atoms with Crippen molar-refractivity contribution in [3.63, 3.8) is 0 Å². The van der Waals surface area contributed by atoms with Crippen molar-refractivity contribution in [3.8, 4) is 5.69 Å². The quantitative estimate of drug-likeness (QED) is 0.795. The van der Waals surface area contributed by atoms with Crippen molar-refractivity contribution in [2.75, 3.05) is 5.32 Å². The number of nitrogens with zero attached hydrogens (tertiary/aromatic N) is 4. The number of para-hydroxylation sites is 1. The predicted octanol–water partition coefficient (Wildman–Crippen LogP) is 3.64. The fraction of sp³-hybridized carbons (Fsp3) is 0.0833. The van der Waals surface area contributed by atoms with Gasteiger partial charge >= 0.3 is 0 Å². The molecule has 0 saturated carbocycles. The number of halogens is 2. The van der Waals surface area contributed by atoms with Crippen molar-refractivity contribution in [2.24, 2.45) is 0 Å². The Morgan fingerprint density at radius 2 is 2.20 bits per heavy atom. The molecule has 0 aliphatic heterocycles. The van der Waals surface area contributed by atoms with E-state index in [1.54, 1.807) is 17.2 Å². The molecule has 0 saturated heterocycles. The number of hydrogen-bond acceptors (Lipinski definition) is 5. The molecule has 0 fully saturated rings. The summed E-state index contributed by atoms with van der Waals surface area (Å²) in [5, 5.41) is 8.03. The van der Waals surface area contributed by atoms with Crippen LogP contribution in [0.4, 0.5) is 5.69 Å². The van der Waals surface area contributed by atoms with Gasteiger partial charge in [-0.25, -0.2) is 14.6 Å². The number of hydrogen-bond donors (Lipinski definition) is 1.